The minimum atomic E-state index is -0.393. The van der Waals surface area contributed by atoms with Crippen molar-refractivity contribution in [2.45, 2.75) is 51.2 Å². The third-order valence-corrected chi connectivity index (χ3v) is 7.21. The second-order valence-corrected chi connectivity index (χ2v) is 8.35. The number of rotatable bonds is 3. The first-order valence-electron chi connectivity index (χ1n) is 8.46. The topological polar surface area (TPSA) is 46.5 Å². The van der Waals surface area contributed by atoms with Gasteiger partial charge >= 0.3 is 5.97 Å². The average Bonchev–Trinajstić information content (AvgIpc) is 3.14. The predicted molar refractivity (Wildman–Crippen MR) is 79.3 cm³/mol. The van der Waals surface area contributed by atoms with Crippen molar-refractivity contribution in [3.05, 3.63) is 12.7 Å². The monoisotopic (exact) mass is 290 g/mol. The van der Waals surface area contributed by atoms with E-state index in [0.29, 0.717) is 17.8 Å². The smallest absolute Gasteiger partial charge is 0.330 e. The van der Waals surface area contributed by atoms with Crippen molar-refractivity contribution in [3.8, 4) is 0 Å². The van der Waals surface area contributed by atoms with Crippen molar-refractivity contribution >= 4 is 5.97 Å². The molecule has 4 fully saturated rings. The predicted octanol–water partition coefficient (Wildman–Crippen LogP) is 2.78. The molecule has 116 valence electrons. The fourth-order valence-electron chi connectivity index (χ4n) is 6.74. The van der Waals surface area contributed by atoms with E-state index in [2.05, 4.69) is 20.4 Å². The highest BCUT2D eigenvalue weighted by atomic mass is 16.6. The number of hydrogen-bond donors (Lipinski definition) is 1. The molecule has 8 unspecified atom stereocenters. The van der Waals surface area contributed by atoms with Crippen LogP contribution in [0.3, 0.4) is 0 Å². The summed E-state index contributed by atoms with van der Waals surface area (Å²) in [5, 5.41) is 10.2. The highest BCUT2D eigenvalue weighted by molar-refractivity contribution is 5.81. The van der Waals surface area contributed by atoms with Crippen molar-refractivity contribution < 1.29 is 14.6 Å². The number of aliphatic hydroxyl groups is 1. The molecule has 0 radical (unpaired) electrons. The van der Waals surface area contributed by atoms with Crippen LogP contribution in [0.25, 0.3) is 0 Å². The highest BCUT2D eigenvalue weighted by Crippen LogP contribution is 2.70. The van der Waals surface area contributed by atoms with Gasteiger partial charge in [0.15, 0.2) is 0 Å². The summed E-state index contributed by atoms with van der Waals surface area (Å²) in [6.45, 7) is 7.64. The van der Waals surface area contributed by atoms with Crippen LogP contribution < -0.4 is 0 Å². The molecule has 1 N–H and O–H groups in total. The highest BCUT2D eigenvalue weighted by Gasteiger charge is 2.66. The Hall–Kier alpha value is -0.830. The number of carbonyl (C=O) groups is 1. The third kappa shape index (κ3) is 1.79. The zero-order valence-electron chi connectivity index (χ0n) is 13.0. The van der Waals surface area contributed by atoms with Crippen LogP contribution in [0.5, 0.6) is 0 Å². The Morgan fingerprint density at radius 2 is 1.76 bits per heavy atom. The van der Waals surface area contributed by atoms with Crippen LogP contribution in [0, 0.1) is 41.4 Å². The van der Waals surface area contributed by atoms with E-state index in [1.807, 2.05) is 0 Å². The number of aliphatic hydroxyl groups excluding tert-OH is 1. The van der Waals surface area contributed by atoms with Gasteiger partial charge in [0.05, 0.1) is 6.10 Å². The number of esters is 1. The van der Waals surface area contributed by atoms with E-state index in [-0.39, 0.29) is 12.1 Å². The van der Waals surface area contributed by atoms with Crippen molar-refractivity contribution in [1.82, 2.24) is 0 Å². The summed E-state index contributed by atoms with van der Waals surface area (Å²) in [5.41, 5.74) is -0.393. The molecule has 3 nitrogen and oxygen atoms in total. The van der Waals surface area contributed by atoms with E-state index in [0.717, 1.165) is 30.1 Å². The fourth-order valence-corrected chi connectivity index (χ4v) is 6.74. The quantitative estimate of drug-likeness (QED) is 0.494. The van der Waals surface area contributed by atoms with E-state index >= 15 is 0 Å². The van der Waals surface area contributed by atoms with Gasteiger partial charge in [-0.2, -0.15) is 0 Å². The summed E-state index contributed by atoms with van der Waals surface area (Å²) in [4.78, 5) is 11.6. The van der Waals surface area contributed by atoms with Crippen LogP contribution in [0.2, 0.25) is 0 Å². The summed E-state index contributed by atoms with van der Waals surface area (Å²) >= 11 is 0. The van der Waals surface area contributed by atoms with Crippen LogP contribution >= 0.6 is 0 Å². The van der Waals surface area contributed by atoms with Gasteiger partial charge in [-0.15, -0.1) is 0 Å². The summed E-state index contributed by atoms with van der Waals surface area (Å²) in [7, 11) is 0. The van der Waals surface area contributed by atoms with Gasteiger partial charge in [-0.25, -0.2) is 4.79 Å². The van der Waals surface area contributed by atoms with Gasteiger partial charge < -0.3 is 9.84 Å². The minimum absolute atomic E-state index is 0.0411. The van der Waals surface area contributed by atoms with Gasteiger partial charge in [0, 0.05) is 12.0 Å². The summed E-state index contributed by atoms with van der Waals surface area (Å²) in [6, 6.07) is 0. The van der Waals surface area contributed by atoms with Crippen molar-refractivity contribution in [2.75, 3.05) is 0 Å². The lowest BCUT2D eigenvalue weighted by atomic mass is 9.63. The van der Waals surface area contributed by atoms with E-state index in [1.165, 1.54) is 25.3 Å². The first-order valence-corrected chi connectivity index (χ1v) is 8.46. The zero-order chi connectivity index (χ0) is 14.9. The van der Waals surface area contributed by atoms with Crippen LogP contribution in [-0.2, 0) is 9.53 Å². The van der Waals surface area contributed by atoms with E-state index in [1.54, 1.807) is 0 Å². The van der Waals surface area contributed by atoms with Gasteiger partial charge in [0.2, 0.25) is 0 Å². The Morgan fingerprint density at radius 3 is 2.48 bits per heavy atom. The zero-order valence-corrected chi connectivity index (χ0v) is 13.0. The first-order chi connectivity index (χ1) is 9.92. The molecule has 0 aromatic carbocycles. The van der Waals surface area contributed by atoms with Crippen LogP contribution in [0.1, 0.15) is 39.5 Å². The second-order valence-electron chi connectivity index (χ2n) is 8.35. The molecule has 0 aromatic heterocycles. The normalized spacial score (nSPS) is 50.2. The molecule has 4 aliphatic rings. The number of carbonyl (C=O) groups excluding carboxylic acids is 1. The minimum Gasteiger partial charge on any atom is -0.456 e. The van der Waals surface area contributed by atoms with E-state index < -0.39 is 5.60 Å². The van der Waals surface area contributed by atoms with Crippen LogP contribution in [0.4, 0.5) is 0 Å². The maximum Gasteiger partial charge on any atom is 0.330 e. The Bertz CT molecular complexity index is 483. The van der Waals surface area contributed by atoms with Crippen molar-refractivity contribution in [3.63, 3.8) is 0 Å². The first kappa shape index (κ1) is 13.8. The van der Waals surface area contributed by atoms with Gasteiger partial charge in [0.25, 0.3) is 0 Å². The lowest BCUT2D eigenvalue weighted by Gasteiger charge is -2.45. The number of ether oxygens (including phenoxy) is 1. The SMILES string of the molecule is C=CC(=O)OC(C)(C)C1CC2CC1C1C3CC(O)C(C3)C21. The van der Waals surface area contributed by atoms with Crippen molar-refractivity contribution in [2.24, 2.45) is 41.4 Å². The molecule has 0 saturated heterocycles. The Balaban J connectivity index is 1.55. The molecular weight excluding hydrogens is 264 g/mol. The Morgan fingerprint density at radius 1 is 1.14 bits per heavy atom. The molecule has 0 spiro atoms. The molecule has 4 bridgehead atoms. The molecular formula is C18H26O3. The molecule has 8 atom stereocenters. The van der Waals surface area contributed by atoms with Crippen LogP contribution in [-0.4, -0.2) is 22.8 Å². The van der Waals surface area contributed by atoms with Crippen LogP contribution in [0.15, 0.2) is 12.7 Å². The summed E-state index contributed by atoms with van der Waals surface area (Å²) in [6.07, 6.45) is 5.93. The largest absolute Gasteiger partial charge is 0.456 e. The standard InChI is InChI=1S/C18H26O3/c1-4-15(20)21-18(2,3)13-7-9-5-11(13)16-10-6-12(17(9)16)14(19)8-10/h4,9-14,16-17,19H,1,5-8H2,2-3H3. The molecule has 21 heavy (non-hydrogen) atoms. The van der Waals surface area contributed by atoms with Gasteiger partial charge in [0.1, 0.15) is 5.60 Å². The maximum atomic E-state index is 11.6. The molecule has 3 heteroatoms. The van der Waals surface area contributed by atoms with E-state index in [4.69, 9.17) is 4.74 Å². The molecule has 4 saturated carbocycles. The molecule has 0 heterocycles. The fraction of sp³-hybridized carbons (Fsp3) is 0.833. The van der Waals surface area contributed by atoms with Gasteiger partial charge in [-0.1, -0.05) is 6.58 Å². The Kier molecular flexibility index (Phi) is 2.86. The Labute approximate surface area is 126 Å². The van der Waals surface area contributed by atoms with Gasteiger partial charge in [-0.05, 0) is 75.0 Å². The number of hydrogen-bond acceptors (Lipinski definition) is 3. The molecule has 0 amide bonds. The third-order valence-electron chi connectivity index (χ3n) is 7.21. The molecule has 0 aromatic rings. The van der Waals surface area contributed by atoms with E-state index in [9.17, 15) is 9.90 Å². The summed E-state index contributed by atoms with van der Waals surface area (Å²) < 4.78 is 5.67. The lowest BCUT2D eigenvalue weighted by Crippen LogP contribution is -2.45. The molecule has 0 aliphatic heterocycles. The molecule has 4 rings (SSSR count). The van der Waals surface area contributed by atoms with Gasteiger partial charge in [-0.3, -0.25) is 0 Å². The second kappa shape index (κ2) is 4.34. The molecule has 4 aliphatic carbocycles. The lowest BCUT2D eigenvalue weighted by molar-refractivity contribution is -0.160. The number of fused-ring (bicyclic) bond motifs is 9. The maximum absolute atomic E-state index is 11.6. The average molecular weight is 290 g/mol. The summed E-state index contributed by atoms with van der Waals surface area (Å²) in [5.74, 6) is 4.43. The van der Waals surface area contributed by atoms with Crippen molar-refractivity contribution in [1.29, 1.82) is 0 Å².